The second-order valence-corrected chi connectivity index (χ2v) is 3.52. The molecule has 1 fully saturated rings. The van der Waals surface area contributed by atoms with Crippen molar-refractivity contribution in [1.29, 1.82) is 0 Å². The molecule has 3 N–H and O–H groups in total. The maximum atomic E-state index is 10.2. The molecule has 2 atom stereocenters. The van der Waals surface area contributed by atoms with Crippen molar-refractivity contribution in [3.8, 4) is 0 Å². The van der Waals surface area contributed by atoms with Crippen molar-refractivity contribution >= 4 is 28.6 Å². The Hall–Kier alpha value is 0.160. The number of nitrogens with two attached hydrogens (primary N) is 1. The highest BCUT2D eigenvalue weighted by Crippen LogP contribution is 2.40. The summed E-state index contributed by atoms with van der Waals surface area (Å²) < 4.78 is 0.137. The van der Waals surface area contributed by atoms with Crippen LogP contribution in [0, 0.1) is 0 Å². The quantitative estimate of drug-likeness (QED) is 0.488. The van der Waals surface area contributed by atoms with Gasteiger partial charge in [0.2, 0.25) is 0 Å². The maximum absolute atomic E-state index is 10.2. The first-order valence-corrected chi connectivity index (χ1v) is 3.48. The van der Waals surface area contributed by atoms with Gasteiger partial charge in [0.15, 0.2) is 0 Å². The smallest absolute Gasteiger partial charge is 0.324 e. The zero-order valence-electron chi connectivity index (χ0n) is 4.10. The summed E-state index contributed by atoms with van der Waals surface area (Å²) >= 11 is 2.04. The van der Waals surface area contributed by atoms with Crippen LogP contribution in [0.1, 0.15) is 6.42 Å². The lowest BCUT2D eigenvalue weighted by Crippen LogP contribution is -2.35. The Morgan fingerprint density at radius 3 is 2.38 bits per heavy atom. The number of hydrogen-bond donors (Lipinski definition) is 2. The fourth-order valence-corrected chi connectivity index (χ4v) is 1.45. The van der Waals surface area contributed by atoms with E-state index < -0.39 is 11.5 Å². The first kappa shape index (κ1) is 6.28. The van der Waals surface area contributed by atoms with Crippen LogP contribution in [0.4, 0.5) is 0 Å². The molecule has 3 nitrogen and oxygen atoms in total. The minimum Gasteiger partial charge on any atom is -0.480 e. The van der Waals surface area contributed by atoms with Gasteiger partial charge in [-0.25, -0.2) is 0 Å². The average molecular weight is 227 g/mol. The summed E-state index contributed by atoms with van der Waals surface area (Å²) in [6.45, 7) is 0. The van der Waals surface area contributed by atoms with E-state index in [0.29, 0.717) is 6.42 Å². The molecule has 0 aromatic rings. The molecule has 2 unspecified atom stereocenters. The topological polar surface area (TPSA) is 63.3 Å². The van der Waals surface area contributed by atoms with E-state index >= 15 is 0 Å². The van der Waals surface area contributed by atoms with Crippen LogP contribution in [0.25, 0.3) is 0 Å². The van der Waals surface area contributed by atoms with Gasteiger partial charge in [0.25, 0.3) is 0 Å². The van der Waals surface area contributed by atoms with Crippen molar-refractivity contribution in [3.63, 3.8) is 0 Å². The fraction of sp³-hybridized carbons (Fsp3) is 0.750. The molecular weight excluding hydrogens is 221 g/mol. The van der Waals surface area contributed by atoms with E-state index in [1.807, 2.05) is 22.6 Å². The molecule has 46 valence electrons. The Morgan fingerprint density at radius 1 is 2.00 bits per heavy atom. The lowest BCUT2D eigenvalue weighted by Gasteiger charge is -1.97. The highest BCUT2D eigenvalue weighted by Gasteiger charge is 2.56. The molecule has 0 aromatic heterocycles. The average Bonchev–Trinajstić information content (AvgIpc) is 2.17. The molecule has 0 aromatic carbocycles. The zero-order valence-corrected chi connectivity index (χ0v) is 6.25. The van der Waals surface area contributed by atoms with Crippen LogP contribution in [0.5, 0.6) is 0 Å². The number of aliphatic carboxylic acids is 1. The van der Waals surface area contributed by atoms with Gasteiger partial charge in [-0.15, -0.1) is 0 Å². The number of carboxylic acid groups (broad SMARTS) is 1. The fourth-order valence-electron chi connectivity index (χ4n) is 0.459. The van der Waals surface area contributed by atoms with Crippen molar-refractivity contribution in [1.82, 2.24) is 0 Å². The number of carboxylic acids is 1. The van der Waals surface area contributed by atoms with Gasteiger partial charge < -0.3 is 10.8 Å². The van der Waals surface area contributed by atoms with Crippen LogP contribution in [-0.4, -0.2) is 20.5 Å². The van der Waals surface area contributed by atoms with Crippen LogP contribution < -0.4 is 5.73 Å². The summed E-state index contributed by atoms with van der Waals surface area (Å²) in [5, 5.41) is 8.35. The summed E-state index contributed by atoms with van der Waals surface area (Å²) in [4.78, 5) is 10.2. The lowest BCUT2D eigenvalue weighted by molar-refractivity contribution is -0.139. The number of hydrogen-bond acceptors (Lipinski definition) is 2. The van der Waals surface area contributed by atoms with Gasteiger partial charge in [0, 0.05) is 3.92 Å². The Morgan fingerprint density at radius 2 is 2.38 bits per heavy atom. The van der Waals surface area contributed by atoms with Gasteiger partial charge >= 0.3 is 5.97 Å². The predicted octanol–water partition coefficient (Wildman–Crippen LogP) is -0.0242. The number of alkyl halides is 1. The van der Waals surface area contributed by atoms with E-state index in [9.17, 15) is 4.79 Å². The molecule has 0 saturated heterocycles. The number of halogens is 1. The summed E-state index contributed by atoms with van der Waals surface area (Å²) in [5.74, 6) is -0.878. The van der Waals surface area contributed by atoms with Crippen molar-refractivity contribution < 1.29 is 9.90 Å². The minimum absolute atomic E-state index is 0.137. The molecule has 1 rings (SSSR count). The standard InChI is InChI=1S/C4H6INO2/c5-2-1-4(2,6)3(7)8/h2H,1,6H2,(H,7,8). The van der Waals surface area contributed by atoms with Crippen LogP contribution in [-0.2, 0) is 4.79 Å². The molecule has 0 radical (unpaired) electrons. The molecule has 1 aliphatic rings. The summed E-state index contributed by atoms with van der Waals surface area (Å²) in [5.41, 5.74) is 4.44. The molecule has 0 heterocycles. The van der Waals surface area contributed by atoms with Crippen LogP contribution in [0.3, 0.4) is 0 Å². The van der Waals surface area contributed by atoms with E-state index in [1.54, 1.807) is 0 Å². The second-order valence-electron chi connectivity index (χ2n) is 2.02. The van der Waals surface area contributed by atoms with Crippen molar-refractivity contribution in [2.45, 2.75) is 15.9 Å². The largest absolute Gasteiger partial charge is 0.480 e. The Bertz CT molecular complexity index is 138. The Labute approximate surface area is 60.4 Å². The molecule has 1 saturated carbocycles. The molecule has 0 bridgehead atoms. The van der Waals surface area contributed by atoms with E-state index in [4.69, 9.17) is 10.8 Å². The van der Waals surface area contributed by atoms with Crippen LogP contribution >= 0.6 is 22.6 Å². The molecule has 0 amide bonds. The molecule has 4 heteroatoms. The highest BCUT2D eigenvalue weighted by molar-refractivity contribution is 14.1. The molecule has 0 aliphatic heterocycles. The minimum atomic E-state index is -0.888. The molecule has 0 spiro atoms. The third-order valence-corrected chi connectivity index (χ3v) is 2.87. The second kappa shape index (κ2) is 1.57. The summed E-state index contributed by atoms with van der Waals surface area (Å²) in [7, 11) is 0. The monoisotopic (exact) mass is 227 g/mol. The Kier molecular flexibility index (Phi) is 1.23. The van der Waals surface area contributed by atoms with Gasteiger partial charge in [-0.05, 0) is 6.42 Å². The zero-order chi connectivity index (χ0) is 6.36. The lowest BCUT2D eigenvalue weighted by atomic mass is 10.3. The predicted molar refractivity (Wildman–Crippen MR) is 37.0 cm³/mol. The van der Waals surface area contributed by atoms with Crippen LogP contribution in [0.2, 0.25) is 0 Å². The van der Waals surface area contributed by atoms with Crippen LogP contribution in [0.15, 0.2) is 0 Å². The van der Waals surface area contributed by atoms with E-state index in [-0.39, 0.29) is 3.92 Å². The SMILES string of the molecule is NC1(C(=O)O)CC1I. The summed E-state index contributed by atoms with van der Waals surface area (Å²) in [6, 6.07) is 0. The first-order valence-electron chi connectivity index (χ1n) is 2.24. The van der Waals surface area contributed by atoms with Crippen molar-refractivity contribution in [2.24, 2.45) is 5.73 Å². The van der Waals surface area contributed by atoms with Crippen molar-refractivity contribution in [3.05, 3.63) is 0 Å². The third-order valence-electron chi connectivity index (χ3n) is 1.31. The van der Waals surface area contributed by atoms with Gasteiger partial charge in [-0.1, -0.05) is 22.6 Å². The number of rotatable bonds is 1. The van der Waals surface area contributed by atoms with Gasteiger partial charge in [0.1, 0.15) is 5.54 Å². The van der Waals surface area contributed by atoms with E-state index in [1.165, 1.54) is 0 Å². The van der Waals surface area contributed by atoms with Gasteiger partial charge in [-0.2, -0.15) is 0 Å². The van der Waals surface area contributed by atoms with E-state index in [2.05, 4.69) is 0 Å². The third kappa shape index (κ3) is 0.714. The highest BCUT2D eigenvalue weighted by atomic mass is 127. The first-order chi connectivity index (χ1) is 3.57. The van der Waals surface area contributed by atoms with Gasteiger partial charge in [0.05, 0.1) is 0 Å². The van der Waals surface area contributed by atoms with E-state index in [0.717, 1.165) is 0 Å². The molecule has 8 heavy (non-hydrogen) atoms. The normalized spacial score (nSPS) is 44.0. The van der Waals surface area contributed by atoms with Gasteiger partial charge in [-0.3, -0.25) is 4.79 Å². The molecular formula is C4H6INO2. The maximum Gasteiger partial charge on any atom is 0.324 e. The Balaban J connectivity index is 2.60. The number of carbonyl (C=O) groups is 1. The molecule has 1 aliphatic carbocycles. The van der Waals surface area contributed by atoms with Crippen molar-refractivity contribution in [2.75, 3.05) is 0 Å². The summed E-state index contributed by atoms with van der Waals surface area (Å²) in [6.07, 6.45) is 0.614.